The maximum Gasteiger partial charge on any atom is 0.303 e. The zero-order valence-electron chi connectivity index (χ0n) is 13.5. The number of carbonyl (C=O) groups is 1. The number of phenolic OH excluding ortho intramolecular Hbond substituents is 1. The van der Waals surface area contributed by atoms with Crippen LogP contribution < -0.4 is 4.74 Å². The van der Waals surface area contributed by atoms with E-state index in [4.69, 9.17) is 9.84 Å². The second-order valence-electron chi connectivity index (χ2n) is 5.62. The molecule has 0 bridgehead atoms. The smallest absolute Gasteiger partial charge is 0.303 e. The van der Waals surface area contributed by atoms with Crippen molar-refractivity contribution in [3.63, 3.8) is 0 Å². The van der Waals surface area contributed by atoms with Gasteiger partial charge in [-0.05, 0) is 35.7 Å². The first-order valence-electron chi connectivity index (χ1n) is 7.53. The highest BCUT2D eigenvalue weighted by atomic mass is 16.5. The van der Waals surface area contributed by atoms with Crippen LogP contribution in [0.15, 0.2) is 36.5 Å². The van der Waals surface area contributed by atoms with Gasteiger partial charge in [0.1, 0.15) is 11.5 Å². The summed E-state index contributed by atoms with van der Waals surface area (Å²) >= 11 is 0. The Morgan fingerprint density at radius 1 is 1.29 bits per heavy atom. The lowest BCUT2D eigenvalue weighted by atomic mass is 9.98. The molecule has 0 aliphatic carbocycles. The Morgan fingerprint density at radius 2 is 2.08 bits per heavy atom. The molecule has 0 radical (unpaired) electrons. The fourth-order valence-electron chi connectivity index (χ4n) is 2.78. The molecule has 0 fully saturated rings. The number of aryl methyl sites for hydroxylation is 2. The number of benzene rings is 2. The number of methoxy groups -OCH3 is 1. The van der Waals surface area contributed by atoms with Gasteiger partial charge in [0.2, 0.25) is 0 Å². The molecule has 0 aliphatic heterocycles. The molecule has 0 spiro atoms. The van der Waals surface area contributed by atoms with Crippen molar-refractivity contribution in [3.8, 4) is 22.6 Å². The molecule has 0 saturated heterocycles. The minimum atomic E-state index is -0.899. The van der Waals surface area contributed by atoms with Gasteiger partial charge in [0, 0.05) is 30.5 Å². The summed E-state index contributed by atoms with van der Waals surface area (Å²) in [6, 6.07) is 9.24. The van der Waals surface area contributed by atoms with Crippen molar-refractivity contribution in [2.24, 2.45) is 7.05 Å². The van der Waals surface area contributed by atoms with Crippen LogP contribution in [0.5, 0.6) is 11.5 Å². The van der Waals surface area contributed by atoms with E-state index in [-0.39, 0.29) is 18.6 Å². The Kier molecular flexibility index (Phi) is 4.12. The maximum atomic E-state index is 10.8. The number of aliphatic carboxylic acids is 1. The molecule has 0 unspecified atom stereocenters. The molecule has 0 atom stereocenters. The number of aromatic hydroxyl groups is 1. The van der Waals surface area contributed by atoms with Gasteiger partial charge in [-0.15, -0.1) is 0 Å². The average Bonchev–Trinajstić information content (AvgIpc) is 2.93. The van der Waals surface area contributed by atoms with Crippen molar-refractivity contribution in [1.29, 1.82) is 0 Å². The lowest BCUT2D eigenvalue weighted by Crippen LogP contribution is -1.99. The number of rotatable bonds is 5. The second-order valence-corrected chi connectivity index (χ2v) is 5.62. The summed E-state index contributed by atoms with van der Waals surface area (Å²) in [7, 11) is 3.42. The van der Waals surface area contributed by atoms with Gasteiger partial charge < -0.3 is 14.9 Å². The zero-order valence-corrected chi connectivity index (χ0v) is 13.5. The summed E-state index contributed by atoms with van der Waals surface area (Å²) in [5.41, 5.74) is 3.33. The van der Waals surface area contributed by atoms with Crippen LogP contribution in [-0.4, -0.2) is 33.1 Å². The van der Waals surface area contributed by atoms with E-state index in [2.05, 4.69) is 5.10 Å². The first kappa shape index (κ1) is 15.9. The fourth-order valence-corrected chi connectivity index (χ4v) is 2.78. The molecule has 0 aliphatic rings. The number of hydrogen-bond donors (Lipinski definition) is 2. The maximum absolute atomic E-state index is 10.8. The van der Waals surface area contributed by atoms with Crippen LogP contribution in [0.3, 0.4) is 0 Å². The van der Waals surface area contributed by atoms with Gasteiger partial charge in [0.05, 0.1) is 18.8 Å². The first-order chi connectivity index (χ1) is 11.5. The van der Waals surface area contributed by atoms with Crippen LogP contribution in [0.2, 0.25) is 0 Å². The molecule has 0 saturated carbocycles. The van der Waals surface area contributed by atoms with Crippen molar-refractivity contribution in [2.45, 2.75) is 12.8 Å². The highest BCUT2D eigenvalue weighted by Crippen LogP contribution is 2.37. The largest absolute Gasteiger partial charge is 0.508 e. The van der Waals surface area contributed by atoms with Crippen molar-refractivity contribution in [3.05, 3.63) is 42.1 Å². The number of aromatic nitrogens is 2. The van der Waals surface area contributed by atoms with E-state index in [9.17, 15) is 9.90 Å². The molecular weight excluding hydrogens is 308 g/mol. The Labute approximate surface area is 138 Å². The zero-order chi connectivity index (χ0) is 17.3. The summed E-state index contributed by atoms with van der Waals surface area (Å²) in [4.78, 5) is 10.8. The van der Waals surface area contributed by atoms with Crippen LogP contribution in [0.1, 0.15) is 12.0 Å². The van der Waals surface area contributed by atoms with Crippen LogP contribution in [0.4, 0.5) is 0 Å². The lowest BCUT2D eigenvalue weighted by Gasteiger charge is -2.13. The van der Waals surface area contributed by atoms with Gasteiger partial charge in [-0.2, -0.15) is 5.10 Å². The van der Waals surface area contributed by atoms with E-state index in [0.29, 0.717) is 11.3 Å². The number of ether oxygens (including phenoxy) is 1. The Hall–Kier alpha value is -3.02. The van der Waals surface area contributed by atoms with Crippen molar-refractivity contribution >= 4 is 16.9 Å². The second kappa shape index (κ2) is 6.23. The summed E-state index contributed by atoms with van der Waals surface area (Å²) in [5, 5.41) is 24.2. The van der Waals surface area contributed by atoms with E-state index in [1.165, 1.54) is 13.2 Å². The van der Waals surface area contributed by atoms with Crippen LogP contribution >= 0.6 is 0 Å². The number of nitrogens with zero attached hydrogens (tertiary/aromatic N) is 2. The number of carboxylic acid groups (broad SMARTS) is 1. The molecule has 6 nitrogen and oxygen atoms in total. The molecule has 2 aromatic carbocycles. The normalized spacial score (nSPS) is 10.9. The highest BCUT2D eigenvalue weighted by molar-refractivity contribution is 5.86. The van der Waals surface area contributed by atoms with E-state index in [1.807, 2.05) is 25.2 Å². The predicted molar refractivity (Wildman–Crippen MR) is 90.3 cm³/mol. The number of fused-ring (bicyclic) bond motifs is 1. The molecule has 124 valence electrons. The molecular formula is C18H18N2O4. The van der Waals surface area contributed by atoms with Gasteiger partial charge in [-0.1, -0.05) is 6.07 Å². The van der Waals surface area contributed by atoms with Gasteiger partial charge in [0.25, 0.3) is 0 Å². The quantitative estimate of drug-likeness (QED) is 0.753. The van der Waals surface area contributed by atoms with Gasteiger partial charge in [-0.25, -0.2) is 0 Å². The van der Waals surface area contributed by atoms with Gasteiger partial charge >= 0.3 is 5.97 Å². The Morgan fingerprint density at radius 3 is 2.79 bits per heavy atom. The minimum absolute atomic E-state index is 0.0407. The van der Waals surface area contributed by atoms with Crippen LogP contribution in [0.25, 0.3) is 22.0 Å². The van der Waals surface area contributed by atoms with Gasteiger partial charge in [0.15, 0.2) is 0 Å². The third-order valence-corrected chi connectivity index (χ3v) is 4.07. The SMILES string of the molecule is COc1cc(O)c(CCC(=O)O)cc1-c1ccc2c(cnn2C)c1. The van der Waals surface area contributed by atoms with Gasteiger partial charge in [-0.3, -0.25) is 9.48 Å². The monoisotopic (exact) mass is 326 g/mol. The summed E-state index contributed by atoms with van der Waals surface area (Å²) < 4.78 is 7.18. The topological polar surface area (TPSA) is 84.6 Å². The van der Waals surface area contributed by atoms with Crippen molar-refractivity contribution in [1.82, 2.24) is 9.78 Å². The van der Waals surface area contributed by atoms with E-state index >= 15 is 0 Å². The number of hydrogen-bond acceptors (Lipinski definition) is 4. The van der Waals surface area contributed by atoms with Crippen molar-refractivity contribution < 1.29 is 19.7 Å². The number of carboxylic acids is 1. The van der Waals surface area contributed by atoms with E-state index in [0.717, 1.165) is 22.0 Å². The molecule has 3 rings (SSSR count). The number of phenols is 1. The van der Waals surface area contributed by atoms with Crippen molar-refractivity contribution in [2.75, 3.05) is 7.11 Å². The lowest BCUT2D eigenvalue weighted by molar-refractivity contribution is -0.136. The van der Waals surface area contributed by atoms with E-state index < -0.39 is 5.97 Å². The standard InChI is InChI=1S/C18H18N2O4/c1-20-15-5-3-11(7-13(15)10-19-20)14-8-12(4-6-18(22)23)16(21)9-17(14)24-2/h3,5,7-10,21H,4,6H2,1-2H3,(H,22,23). The fraction of sp³-hybridized carbons (Fsp3) is 0.222. The minimum Gasteiger partial charge on any atom is -0.508 e. The molecule has 1 aromatic heterocycles. The third-order valence-electron chi connectivity index (χ3n) is 4.07. The Bertz CT molecular complexity index is 915. The van der Waals surface area contributed by atoms with E-state index in [1.54, 1.807) is 16.9 Å². The molecule has 6 heteroatoms. The predicted octanol–water partition coefficient (Wildman–Crippen LogP) is 2.97. The average molecular weight is 326 g/mol. The Balaban J connectivity index is 2.09. The summed E-state index contributed by atoms with van der Waals surface area (Å²) in [6.07, 6.45) is 2.01. The highest BCUT2D eigenvalue weighted by Gasteiger charge is 2.14. The molecule has 3 aromatic rings. The molecule has 1 heterocycles. The van der Waals surface area contributed by atoms with Crippen LogP contribution in [0, 0.1) is 0 Å². The summed E-state index contributed by atoms with van der Waals surface area (Å²) in [6.45, 7) is 0. The summed E-state index contributed by atoms with van der Waals surface area (Å²) in [5.74, 6) is -0.322. The molecule has 0 amide bonds. The molecule has 2 N–H and O–H groups in total. The van der Waals surface area contributed by atoms with Crippen LogP contribution in [-0.2, 0) is 18.3 Å². The molecule has 24 heavy (non-hydrogen) atoms. The third kappa shape index (κ3) is 2.90. The first-order valence-corrected chi connectivity index (χ1v) is 7.53.